The van der Waals surface area contributed by atoms with Crippen molar-refractivity contribution >= 4 is 66.4 Å². The van der Waals surface area contributed by atoms with Crippen molar-refractivity contribution in [3.05, 3.63) is 71.8 Å². The molecule has 0 aliphatic rings. The van der Waals surface area contributed by atoms with Crippen molar-refractivity contribution in [1.82, 2.24) is 0 Å². The summed E-state index contributed by atoms with van der Waals surface area (Å²) in [5.74, 6) is -0.992. The maximum absolute atomic E-state index is 11.7. The minimum Gasteiger partial charge on any atom is -0.478 e. The number of carbonyl (C=O) groups excluding carboxylic acids is 1. The number of hydrogen-bond acceptors (Lipinski definition) is 4. The number of Topliss-reactive ketones (excluding diaryl/α,β-unsaturated/α-hetero) is 1. The van der Waals surface area contributed by atoms with Crippen LogP contribution in [0.4, 0.5) is 0 Å². The van der Waals surface area contributed by atoms with Crippen molar-refractivity contribution in [3.8, 4) is 0 Å². The van der Waals surface area contributed by atoms with Gasteiger partial charge in [0.2, 0.25) is 0 Å². The van der Waals surface area contributed by atoms with Crippen molar-refractivity contribution in [2.75, 3.05) is 0 Å². The van der Waals surface area contributed by atoms with Gasteiger partial charge in [-0.3, -0.25) is 4.79 Å². The van der Waals surface area contributed by atoms with Gasteiger partial charge in [0.25, 0.3) is 0 Å². The van der Waals surface area contributed by atoms with E-state index in [1.54, 1.807) is 24.3 Å². The summed E-state index contributed by atoms with van der Waals surface area (Å²) in [7, 11) is 0. The van der Waals surface area contributed by atoms with E-state index in [2.05, 4.69) is 0 Å². The quantitative estimate of drug-likeness (QED) is 0.337. The Bertz CT molecular complexity index is 1570. The third-order valence-electron chi connectivity index (χ3n) is 5.72. The summed E-state index contributed by atoms with van der Waals surface area (Å²) in [5, 5.41) is 15.0. The summed E-state index contributed by atoms with van der Waals surface area (Å²) in [4.78, 5) is 23.0. The minimum absolute atomic E-state index is 0.00507. The fraction of sp³-hybridized carbons (Fsp3) is 0.0400. The van der Waals surface area contributed by atoms with Crippen LogP contribution in [0.1, 0.15) is 27.6 Å². The maximum Gasteiger partial charge on any atom is 0.335 e. The molecule has 4 aromatic carbocycles. The van der Waals surface area contributed by atoms with E-state index in [0.29, 0.717) is 22.3 Å². The van der Waals surface area contributed by atoms with Crippen molar-refractivity contribution < 1.29 is 23.5 Å². The number of rotatable bonds is 2. The summed E-state index contributed by atoms with van der Waals surface area (Å²) in [6.07, 6.45) is 0. The van der Waals surface area contributed by atoms with Gasteiger partial charge in [0, 0.05) is 27.1 Å². The lowest BCUT2D eigenvalue weighted by Gasteiger charge is -2.02. The smallest absolute Gasteiger partial charge is 0.335 e. The molecule has 0 radical (unpaired) electrons. The summed E-state index contributed by atoms with van der Waals surface area (Å²) in [6.45, 7) is 1.54. The molecule has 0 spiro atoms. The molecule has 6 rings (SSSR count). The van der Waals surface area contributed by atoms with E-state index in [1.807, 2.05) is 36.4 Å². The zero-order valence-electron chi connectivity index (χ0n) is 15.9. The van der Waals surface area contributed by atoms with Gasteiger partial charge in [0.1, 0.15) is 22.3 Å². The van der Waals surface area contributed by atoms with Crippen LogP contribution in [0.15, 0.2) is 69.5 Å². The van der Waals surface area contributed by atoms with E-state index < -0.39 is 5.97 Å². The van der Waals surface area contributed by atoms with Crippen LogP contribution in [-0.2, 0) is 0 Å². The number of fused-ring (bicyclic) bond motifs is 9. The predicted octanol–water partition coefficient (Wildman–Crippen LogP) is 6.54. The minimum atomic E-state index is -0.987. The summed E-state index contributed by atoms with van der Waals surface area (Å²) in [5.41, 5.74) is 3.47. The predicted molar refractivity (Wildman–Crippen MR) is 115 cm³/mol. The first kappa shape index (κ1) is 16.8. The number of ketones is 1. The van der Waals surface area contributed by atoms with Crippen LogP contribution in [0, 0.1) is 0 Å². The summed E-state index contributed by atoms with van der Waals surface area (Å²) >= 11 is 0. The lowest BCUT2D eigenvalue weighted by atomic mass is 9.98. The SMILES string of the molecule is CC(=O)c1ccc2c(c1)oc1ccc3c(ccc4oc5cc(C(=O)O)ccc5c43)c12. The molecule has 5 nitrogen and oxygen atoms in total. The second-order valence-electron chi connectivity index (χ2n) is 7.46. The molecule has 6 aromatic rings. The standard InChI is InChI=1S/C25H14O5/c1-12(26)13-2-4-17-21(10-13)29-19-8-6-16-15(23(17)19)7-9-20-24(16)18-5-3-14(25(27)28)11-22(18)30-20/h2-11H,1H3,(H,27,28). The van der Waals surface area contributed by atoms with Crippen molar-refractivity contribution in [1.29, 1.82) is 0 Å². The molecule has 0 amide bonds. The first-order valence-corrected chi connectivity index (χ1v) is 9.50. The van der Waals surface area contributed by atoms with Gasteiger partial charge < -0.3 is 13.9 Å². The molecule has 2 aromatic heterocycles. The molecule has 0 unspecified atom stereocenters. The number of carboxylic acid groups (broad SMARTS) is 1. The third-order valence-corrected chi connectivity index (χ3v) is 5.72. The first-order chi connectivity index (χ1) is 14.5. The molecule has 2 heterocycles. The largest absolute Gasteiger partial charge is 0.478 e. The number of furan rings is 2. The van der Waals surface area contributed by atoms with Gasteiger partial charge in [-0.2, -0.15) is 0 Å². The Kier molecular flexibility index (Phi) is 3.19. The van der Waals surface area contributed by atoms with Crippen molar-refractivity contribution in [2.45, 2.75) is 6.92 Å². The van der Waals surface area contributed by atoms with Crippen LogP contribution < -0.4 is 0 Å². The fourth-order valence-corrected chi connectivity index (χ4v) is 4.31. The van der Waals surface area contributed by atoms with Gasteiger partial charge in [-0.25, -0.2) is 4.79 Å². The normalized spacial score (nSPS) is 11.9. The van der Waals surface area contributed by atoms with Crippen LogP contribution in [0.25, 0.3) is 54.6 Å². The number of carboxylic acids is 1. The Balaban J connectivity index is 1.74. The van der Waals surface area contributed by atoms with E-state index in [1.165, 1.54) is 6.92 Å². The fourth-order valence-electron chi connectivity index (χ4n) is 4.31. The van der Waals surface area contributed by atoms with Crippen LogP contribution in [0.2, 0.25) is 0 Å². The molecule has 0 bridgehead atoms. The Morgan fingerprint density at radius 2 is 1.10 bits per heavy atom. The molecule has 0 saturated carbocycles. The number of carbonyl (C=O) groups is 2. The zero-order chi connectivity index (χ0) is 20.6. The van der Waals surface area contributed by atoms with Crippen LogP contribution in [0.5, 0.6) is 0 Å². The lowest BCUT2D eigenvalue weighted by molar-refractivity contribution is 0.0696. The maximum atomic E-state index is 11.7. The Hall–Kier alpha value is -4.12. The monoisotopic (exact) mass is 394 g/mol. The summed E-state index contributed by atoms with van der Waals surface area (Å²) in [6, 6.07) is 18.3. The Morgan fingerprint density at radius 1 is 0.633 bits per heavy atom. The highest BCUT2D eigenvalue weighted by Crippen LogP contribution is 2.40. The zero-order valence-corrected chi connectivity index (χ0v) is 15.9. The molecule has 0 atom stereocenters. The van der Waals surface area contributed by atoms with Crippen LogP contribution >= 0.6 is 0 Å². The second-order valence-corrected chi connectivity index (χ2v) is 7.46. The van der Waals surface area contributed by atoms with E-state index in [9.17, 15) is 14.7 Å². The van der Waals surface area contributed by atoms with Gasteiger partial charge >= 0.3 is 5.97 Å². The molecule has 5 heteroatoms. The highest BCUT2D eigenvalue weighted by molar-refractivity contribution is 6.27. The molecule has 0 fully saturated rings. The highest BCUT2D eigenvalue weighted by Gasteiger charge is 2.17. The van der Waals surface area contributed by atoms with E-state index in [0.717, 1.165) is 37.9 Å². The molecule has 1 N–H and O–H groups in total. The third kappa shape index (κ3) is 2.17. The molecule has 0 saturated heterocycles. The van der Waals surface area contributed by atoms with Gasteiger partial charge in [0.15, 0.2) is 5.78 Å². The van der Waals surface area contributed by atoms with E-state index in [-0.39, 0.29) is 11.3 Å². The average molecular weight is 394 g/mol. The number of aromatic carboxylic acids is 1. The van der Waals surface area contributed by atoms with Gasteiger partial charge in [0.05, 0.1) is 5.56 Å². The van der Waals surface area contributed by atoms with Crippen molar-refractivity contribution in [2.24, 2.45) is 0 Å². The molecule has 30 heavy (non-hydrogen) atoms. The Morgan fingerprint density at radius 3 is 1.60 bits per heavy atom. The van der Waals surface area contributed by atoms with Gasteiger partial charge in [-0.05, 0) is 72.3 Å². The molecule has 0 aliphatic heterocycles. The van der Waals surface area contributed by atoms with Gasteiger partial charge in [-0.1, -0.05) is 6.07 Å². The van der Waals surface area contributed by atoms with Crippen LogP contribution in [-0.4, -0.2) is 16.9 Å². The molecular weight excluding hydrogens is 380 g/mol. The highest BCUT2D eigenvalue weighted by atomic mass is 16.4. The topological polar surface area (TPSA) is 80.7 Å². The number of benzene rings is 4. The first-order valence-electron chi connectivity index (χ1n) is 9.50. The molecule has 144 valence electrons. The number of hydrogen-bond donors (Lipinski definition) is 1. The van der Waals surface area contributed by atoms with Crippen molar-refractivity contribution in [3.63, 3.8) is 0 Å². The van der Waals surface area contributed by atoms with Gasteiger partial charge in [-0.15, -0.1) is 0 Å². The van der Waals surface area contributed by atoms with E-state index >= 15 is 0 Å². The average Bonchev–Trinajstić information content (AvgIpc) is 3.30. The molecule has 0 aliphatic carbocycles. The van der Waals surface area contributed by atoms with Crippen LogP contribution in [0.3, 0.4) is 0 Å². The van der Waals surface area contributed by atoms with E-state index in [4.69, 9.17) is 8.83 Å². The lowest BCUT2D eigenvalue weighted by Crippen LogP contribution is -1.94. The Labute approximate surface area is 169 Å². The summed E-state index contributed by atoms with van der Waals surface area (Å²) < 4.78 is 12.0. The second kappa shape index (κ2) is 5.70. The molecular formula is C25H14O5.